The summed E-state index contributed by atoms with van der Waals surface area (Å²) in [6, 6.07) is 3.17. The molecule has 0 aliphatic rings. The first-order chi connectivity index (χ1) is 9.88. The topological polar surface area (TPSA) is 85.8 Å². The summed E-state index contributed by atoms with van der Waals surface area (Å²) < 4.78 is 26.1. The Morgan fingerprint density at radius 3 is 2.67 bits per heavy atom. The van der Waals surface area contributed by atoms with Crippen molar-refractivity contribution in [2.24, 2.45) is 0 Å². The van der Waals surface area contributed by atoms with E-state index in [4.69, 9.17) is 5.73 Å². The molecule has 6 nitrogen and oxygen atoms in total. The Kier molecular flexibility index (Phi) is 4.15. The molecule has 2 rings (SSSR count). The van der Waals surface area contributed by atoms with Crippen molar-refractivity contribution in [3.05, 3.63) is 35.3 Å². The molecule has 0 unspecified atom stereocenters. The zero-order chi connectivity index (χ0) is 15.6. The third kappa shape index (κ3) is 3.33. The SMILES string of the molecule is Cc1nn(C(F)F)c(C)c1CC(=O)Nc1ccc(N)nc1. The highest BCUT2D eigenvalue weighted by atomic mass is 19.3. The van der Waals surface area contributed by atoms with Crippen LogP contribution in [-0.4, -0.2) is 20.7 Å². The lowest BCUT2D eigenvalue weighted by molar-refractivity contribution is -0.115. The average molecular weight is 295 g/mol. The molecule has 1 amide bonds. The third-order valence-corrected chi connectivity index (χ3v) is 3.07. The first kappa shape index (κ1) is 14.9. The predicted octanol–water partition coefficient (Wildman–Crippen LogP) is 2.05. The molecule has 2 aromatic heterocycles. The van der Waals surface area contributed by atoms with Crippen molar-refractivity contribution in [3.63, 3.8) is 0 Å². The second-order valence-corrected chi connectivity index (χ2v) is 4.57. The van der Waals surface area contributed by atoms with Gasteiger partial charge in [-0.25, -0.2) is 9.67 Å². The molecule has 0 aliphatic heterocycles. The summed E-state index contributed by atoms with van der Waals surface area (Å²) in [7, 11) is 0. The number of hydrogen-bond donors (Lipinski definition) is 2. The predicted molar refractivity (Wildman–Crippen MR) is 73.9 cm³/mol. The molecule has 3 N–H and O–H groups in total. The molecule has 2 heterocycles. The van der Waals surface area contributed by atoms with E-state index in [2.05, 4.69) is 15.4 Å². The fourth-order valence-electron chi connectivity index (χ4n) is 1.99. The number of carbonyl (C=O) groups is 1. The van der Waals surface area contributed by atoms with Gasteiger partial charge in [0, 0.05) is 11.3 Å². The second-order valence-electron chi connectivity index (χ2n) is 4.57. The first-order valence-electron chi connectivity index (χ1n) is 6.22. The normalized spacial score (nSPS) is 10.9. The minimum absolute atomic E-state index is 0.0330. The van der Waals surface area contributed by atoms with Gasteiger partial charge in [0.1, 0.15) is 5.82 Å². The van der Waals surface area contributed by atoms with E-state index in [1.165, 1.54) is 13.1 Å². The molecule has 8 heteroatoms. The van der Waals surface area contributed by atoms with Crippen LogP contribution in [0.25, 0.3) is 0 Å². The molecule has 21 heavy (non-hydrogen) atoms. The molecule has 0 fully saturated rings. The Hall–Kier alpha value is -2.51. The second kappa shape index (κ2) is 5.86. The van der Waals surface area contributed by atoms with Crippen LogP contribution in [0.5, 0.6) is 0 Å². The number of anilines is 2. The number of alkyl halides is 2. The van der Waals surface area contributed by atoms with E-state index in [-0.39, 0.29) is 18.0 Å². The van der Waals surface area contributed by atoms with Crippen LogP contribution in [0.4, 0.5) is 20.3 Å². The number of aromatic nitrogens is 3. The van der Waals surface area contributed by atoms with Crippen LogP contribution >= 0.6 is 0 Å². The smallest absolute Gasteiger partial charge is 0.333 e. The monoisotopic (exact) mass is 295 g/mol. The maximum absolute atomic E-state index is 12.7. The third-order valence-electron chi connectivity index (χ3n) is 3.07. The van der Waals surface area contributed by atoms with E-state index < -0.39 is 6.55 Å². The number of amides is 1. The summed E-state index contributed by atoms with van der Waals surface area (Å²) in [6.07, 6.45) is 1.39. The van der Waals surface area contributed by atoms with Gasteiger partial charge in [0.25, 0.3) is 0 Å². The molecule has 112 valence electrons. The number of halogens is 2. The van der Waals surface area contributed by atoms with Crippen LogP contribution in [0.15, 0.2) is 18.3 Å². The van der Waals surface area contributed by atoms with Crippen molar-refractivity contribution in [1.29, 1.82) is 0 Å². The summed E-state index contributed by atoms with van der Waals surface area (Å²) >= 11 is 0. The van der Waals surface area contributed by atoms with E-state index in [0.717, 1.165) is 0 Å². The molecular formula is C13H15F2N5O. The van der Waals surface area contributed by atoms with Crippen LogP contribution in [0.3, 0.4) is 0 Å². The lowest BCUT2D eigenvalue weighted by Gasteiger charge is -2.06. The molecule has 2 aromatic rings. The average Bonchev–Trinajstić information content (AvgIpc) is 2.69. The largest absolute Gasteiger partial charge is 0.384 e. The minimum atomic E-state index is -2.72. The summed E-state index contributed by atoms with van der Waals surface area (Å²) in [5.74, 6) is 0.0134. The Morgan fingerprint density at radius 2 is 2.14 bits per heavy atom. The van der Waals surface area contributed by atoms with Crippen molar-refractivity contribution in [2.75, 3.05) is 11.1 Å². The van der Waals surface area contributed by atoms with E-state index >= 15 is 0 Å². The van der Waals surface area contributed by atoms with E-state index in [1.807, 2.05) is 0 Å². The van der Waals surface area contributed by atoms with Crippen LogP contribution in [0, 0.1) is 13.8 Å². The quantitative estimate of drug-likeness (QED) is 0.904. The number of rotatable bonds is 4. The number of aryl methyl sites for hydroxylation is 1. The summed E-state index contributed by atoms with van der Waals surface area (Å²) in [5, 5.41) is 6.37. The van der Waals surface area contributed by atoms with Crippen molar-refractivity contribution in [1.82, 2.24) is 14.8 Å². The lowest BCUT2D eigenvalue weighted by atomic mass is 10.1. The lowest BCUT2D eigenvalue weighted by Crippen LogP contribution is -2.15. The molecular weight excluding hydrogens is 280 g/mol. The van der Waals surface area contributed by atoms with Gasteiger partial charge in [-0.1, -0.05) is 0 Å². The van der Waals surface area contributed by atoms with E-state index in [0.29, 0.717) is 27.4 Å². The summed E-state index contributed by atoms with van der Waals surface area (Å²) in [5.41, 5.74) is 7.13. The molecule has 0 bridgehead atoms. The maximum Gasteiger partial charge on any atom is 0.333 e. The summed E-state index contributed by atoms with van der Waals surface area (Å²) in [6.45, 7) is 0.389. The zero-order valence-electron chi connectivity index (χ0n) is 11.6. The Labute approximate surface area is 120 Å². The van der Waals surface area contributed by atoms with Gasteiger partial charge < -0.3 is 11.1 Å². The molecule has 0 radical (unpaired) electrons. The van der Waals surface area contributed by atoms with Gasteiger partial charge in [0.05, 0.1) is 24.0 Å². The highest BCUT2D eigenvalue weighted by Crippen LogP contribution is 2.20. The molecule has 0 atom stereocenters. The Morgan fingerprint density at radius 1 is 1.43 bits per heavy atom. The van der Waals surface area contributed by atoms with E-state index in [9.17, 15) is 13.6 Å². The van der Waals surface area contributed by atoms with Crippen molar-refractivity contribution < 1.29 is 13.6 Å². The highest BCUT2D eigenvalue weighted by Gasteiger charge is 2.19. The molecule has 0 spiro atoms. The van der Waals surface area contributed by atoms with Gasteiger partial charge in [0.15, 0.2) is 0 Å². The number of hydrogen-bond acceptors (Lipinski definition) is 4. The number of carbonyl (C=O) groups excluding carboxylic acids is 1. The van der Waals surface area contributed by atoms with Crippen molar-refractivity contribution in [2.45, 2.75) is 26.8 Å². The molecule has 0 aliphatic carbocycles. The van der Waals surface area contributed by atoms with Crippen LogP contribution in [0.2, 0.25) is 0 Å². The van der Waals surface area contributed by atoms with Crippen LogP contribution < -0.4 is 11.1 Å². The standard InChI is InChI=1S/C13H15F2N5O/c1-7-10(8(2)20(19-7)13(14)15)5-12(21)18-9-3-4-11(16)17-6-9/h3-4,6,13H,5H2,1-2H3,(H2,16,17)(H,18,21). The first-order valence-corrected chi connectivity index (χ1v) is 6.22. The van der Waals surface area contributed by atoms with Crippen molar-refractivity contribution >= 4 is 17.4 Å². The number of nitrogen functional groups attached to an aromatic ring is 1. The van der Waals surface area contributed by atoms with Gasteiger partial charge in [0.2, 0.25) is 5.91 Å². The maximum atomic E-state index is 12.7. The van der Waals surface area contributed by atoms with Crippen LogP contribution in [0.1, 0.15) is 23.5 Å². The molecule has 0 aromatic carbocycles. The fraction of sp³-hybridized carbons (Fsp3) is 0.308. The van der Waals surface area contributed by atoms with Crippen LogP contribution in [-0.2, 0) is 11.2 Å². The molecule has 0 saturated heterocycles. The van der Waals surface area contributed by atoms with Gasteiger partial charge >= 0.3 is 6.55 Å². The Balaban J connectivity index is 2.11. The Bertz CT molecular complexity index is 651. The summed E-state index contributed by atoms with van der Waals surface area (Å²) in [4.78, 5) is 15.8. The number of nitrogens with one attached hydrogen (secondary N) is 1. The molecule has 0 saturated carbocycles. The number of nitrogens with two attached hydrogens (primary N) is 1. The van der Waals surface area contributed by atoms with Gasteiger partial charge in [-0.2, -0.15) is 13.9 Å². The number of pyridine rings is 1. The van der Waals surface area contributed by atoms with E-state index in [1.54, 1.807) is 19.1 Å². The zero-order valence-corrected chi connectivity index (χ0v) is 11.6. The fourth-order valence-corrected chi connectivity index (χ4v) is 1.99. The van der Waals surface area contributed by atoms with Gasteiger partial charge in [-0.15, -0.1) is 0 Å². The van der Waals surface area contributed by atoms with Crippen molar-refractivity contribution in [3.8, 4) is 0 Å². The highest BCUT2D eigenvalue weighted by molar-refractivity contribution is 5.92. The van der Waals surface area contributed by atoms with Gasteiger partial charge in [-0.05, 0) is 26.0 Å². The number of nitrogens with zero attached hydrogens (tertiary/aromatic N) is 3. The van der Waals surface area contributed by atoms with Gasteiger partial charge in [-0.3, -0.25) is 4.79 Å². The minimum Gasteiger partial charge on any atom is -0.384 e.